The van der Waals surface area contributed by atoms with Gasteiger partial charge in [0, 0.05) is 63.3 Å². The largest absolute Gasteiger partial charge is 0.396 e. The summed E-state index contributed by atoms with van der Waals surface area (Å²) in [7, 11) is 0. The zero-order valence-corrected chi connectivity index (χ0v) is 18.4. The van der Waals surface area contributed by atoms with Gasteiger partial charge in [-0.3, -0.25) is 0 Å². The summed E-state index contributed by atoms with van der Waals surface area (Å²) in [6, 6.07) is 0. The van der Waals surface area contributed by atoms with Gasteiger partial charge in [0.2, 0.25) is 0 Å². The van der Waals surface area contributed by atoms with E-state index in [1.54, 1.807) is 0 Å². The highest BCUT2D eigenvalue weighted by atomic mass is 16.3. The first-order valence-electron chi connectivity index (χ1n) is 11.5. The van der Waals surface area contributed by atoms with Gasteiger partial charge in [-0.05, 0) is 56.8 Å². The monoisotopic (exact) mass is 452 g/mol. The molecule has 31 heavy (non-hydrogen) atoms. The van der Waals surface area contributed by atoms with Crippen molar-refractivity contribution in [3.63, 3.8) is 0 Å². The molecule has 0 heterocycles. The predicted octanol–water partition coefficient (Wildman–Crippen LogP) is -1.54. The molecule has 2 aliphatic carbocycles. The van der Waals surface area contributed by atoms with Crippen LogP contribution in [0, 0.1) is 35.5 Å². The highest BCUT2D eigenvalue weighted by Crippen LogP contribution is 2.42. The second kappa shape index (κ2) is 15.5. The van der Waals surface area contributed by atoms with Crippen LogP contribution in [0.1, 0.15) is 44.9 Å². The fourth-order valence-corrected chi connectivity index (χ4v) is 5.26. The molecule has 2 rings (SSSR count). The third kappa shape index (κ3) is 9.19. The lowest BCUT2D eigenvalue weighted by molar-refractivity contribution is -0.0638. The van der Waals surface area contributed by atoms with E-state index in [1.807, 2.05) is 0 Å². The second-order valence-corrected chi connectivity index (χ2v) is 9.34. The maximum absolute atomic E-state index is 10.1. The number of aliphatic hydroxyl groups excluding tert-OH is 9. The Morgan fingerprint density at radius 3 is 1.06 bits per heavy atom. The Morgan fingerprint density at radius 2 is 0.839 bits per heavy atom. The van der Waals surface area contributed by atoms with Crippen molar-refractivity contribution in [2.24, 2.45) is 35.5 Å². The molecular formula is C22H44O9. The summed E-state index contributed by atoms with van der Waals surface area (Å²) < 4.78 is 0. The minimum atomic E-state index is -0.648. The fourth-order valence-electron chi connectivity index (χ4n) is 5.26. The van der Waals surface area contributed by atoms with Crippen molar-refractivity contribution in [3.8, 4) is 0 Å². The molecule has 0 aromatic heterocycles. The van der Waals surface area contributed by atoms with Crippen LogP contribution < -0.4 is 0 Å². The van der Waals surface area contributed by atoms with E-state index in [4.69, 9.17) is 15.3 Å². The highest BCUT2D eigenvalue weighted by molar-refractivity contribution is 4.90. The van der Waals surface area contributed by atoms with Gasteiger partial charge in [-0.1, -0.05) is 0 Å². The van der Waals surface area contributed by atoms with E-state index >= 15 is 0 Å². The van der Waals surface area contributed by atoms with E-state index in [1.165, 1.54) is 0 Å². The van der Waals surface area contributed by atoms with Gasteiger partial charge >= 0.3 is 0 Å². The summed E-state index contributed by atoms with van der Waals surface area (Å²) in [6.07, 6.45) is 2.73. The molecule has 2 fully saturated rings. The Morgan fingerprint density at radius 1 is 0.548 bits per heavy atom. The first kappa shape index (κ1) is 28.7. The lowest BCUT2D eigenvalue weighted by Crippen LogP contribution is -2.43. The van der Waals surface area contributed by atoms with E-state index in [0.717, 1.165) is 32.1 Å². The van der Waals surface area contributed by atoms with E-state index in [2.05, 4.69) is 0 Å². The predicted molar refractivity (Wildman–Crippen MR) is 114 cm³/mol. The molecule has 0 aromatic carbocycles. The Balaban J connectivity index is 0.000000512. The minimum Gasteiger partial charge on any atom is -0.396 e. The SMILES string of the molecule is OCC1CC(CC2CC(CO)C(O)C(CO)C2)CC(CO)C1O.OCCC(O)CCO. The van der Waals surface area contributed by atoms with Crippen LogP contribution in [0.3, 0.4) is 0 Å². The summed E-state index contributed by atoms with van der Waals surface area (Å²) in [5.41, 5.74) is 0. The topological polar surface area (TPSA) is 182 Å². The van der Waals surface area contributed by atoms with Crippen LogP contribution in [0.4, 0.5) is 0 Å². The molecule has 0 bridgehead atoms. The lowest BCUT2D eigenvalue weighted by atomic mass is 9.66. The molecule has 2 aliphatic rings. The number of rotatable bonds is 10. The Labute approximate surface area is 185 Å². The van der Waals surface area contributed by atoms with Crippen LogP contribution in [0.15, 0.2) is 0 Å². The van der Waals surface area contributed by atoms with Crippen LogP contribution in [0.5, 0.6) is 0 Å². The zero-order valence-electron chi connectivity index (χ0n) is 18.4. The van der Waals surface area contributed by atoms with E-state index in [-0.39, 0.29) is 63.3 Å². The molecule has 4 atom stereocenters. The van der Waals surface area contributed by atoms with Crippen LogP contribution >= 0.6 is 0 Å². The van der Waals surface area contributed by atoms with Gasteiger partial charge in [-0.2, -0.15) is 0 Å². The number of aliphatic hydroxyl groups is 9. The quantitative estimate of drug-likeness (QED) is 0.190. The summed E-state index contributed by atoms with van der Waals surface area (Å²) in [6.45, 7) is -0.319. The maximum Gasteiger partial charge on any atom is 0.0640 e. The van der Waals surface area contributed by atoms with Gasteiger partial charge < -0.3 is 46.0 Å². The molecule has 0 spiro atoms. The molecule has 9 N–H and O–H groups in total. The molecule has 9 heteroatoms. The molecule has 0 radical (unpaired) electrons. The summed E-state index contributed by atoms with van der Waals surface area (Å²) in [5.74, 6) is -0.146. The van der Waals surface area contributed by atoms with Gasteiger partial charge in [0.05, 0.1) is 18.3 Å². The average Bonchev–Trinajstić information content (AvgIpc) is 2.76. The third-order valence-electron chi connectivity index (χ3n) is 7.01. The van der Waals surface area contributed by atoms with Gasteiger partial charge in [-0.25, -0.2) is 0 Å². The van der Waals surface area contributed by atoms with Crippen molar-refractivity contribution in [1.29, 1.82) is 0 Å². The Kier molecular flexibility index (Phi) is 14.3. The molecule has 186 valence electrons. The standard InChI is InChI=1S/C17H32O6.C5H12O3/c18-6-12-2-10(3-13(7-19)16(12)22)1-11-4-14(8-20)17(23)15(5-11)9-21;6-3-1-5(8)2-4-7/h10-23H,1-9H2;5-8H,1-4H2. The van der Waals surface area contributed by atoms with Crippen LogP contribution in [0.2, 0.25) is 0 Å². The van der Waals surface area contributed by atoms with Crippen molar-refractivity contribution >= 4 is 0 Å². The summed E-state index contributed by atoms with van der Waals surface area (Å²) in [4.78, 5) is 0. The highest BCUT2D eigenvalue weighted by Gasteiger charge is 2.40. The van der Waals surface area contributed by atoms with Gasteiger partial charge in [0.25, 0.3) is 0 Å². The molecule has 0 aromatic rings. The van der Waals surface area contributed by atoms with Crippen LogP contribution in [0.25, 0.3) is 0 Å². The third-order valence-corrected chi connectivity index (χ3v) is 7.01. The van der Waals surface area contributed by atoms with Gasteiger partial charge in [0.1, 0.15) is 0 Å². The number of hydrogen-bond acceptors (Lipinski definition) is 9. The molecule has 0 aliphatic heterocycles. The summed E-state index contributed by atoms with van der Waals surface area (Å²) >= 11 is 0. The maximum atomic E-state index is 10.1. The molecular weight excluding hydrogens is 408 g/mol. The zero-order chi connectivity index (χ0) is 23.4. The van der Waals surface area contributed by atoms with Crippen molar-refractivity contribution in [2.75, 3.05) is 39.6 Å². The first-order chi connectivity index (χ1) is 14.8. The van der Waals surface area contributed by atoms with Gasteiger partial charge in [-0.15, -0.1) is 0 Å². The summed E-state index contributed by atoms with van der Waals surface area (Å²) in [5, 5.41) is 83.2. The molecule has 9 nitrogen and oxygen atoms in total. The second-order valence-electron chi connectivity index (χ2n) is 9.34. The van der Waals surface area contributed by atoms with Gasteiger partial charge in [0.15, 0.2) is 0 Å². The molecule has 4 unspecified atom stereocenters. The number of hydrogen-bond donors (Lipinski definition) is 9. The Bertz CT molecular complexity index is 387. The van der Waals surface area contributed by atoms with E-state index < -0.39 is 18.3 Å². The van der Waals surface area contributed by atoms with Crippen molar-refractivity contribution in [2.45, 2.75) is 63.3 Å². The molecule has 0 saturated heterocycles. The smallest absolute Gasteiger partial charge is 0.0640 e. The minimum absolute atomic E-state index is 0.0127. The van der Waals surface area contributed by atoms with Crippen molar-refractivity contribution < 1.29 is 46.0 Å². The lowest BCUT2D eigenvalue weighted by Gasteiger charge is -2.42. The average molecular weight is 453 g/mol. The fraction of sp³-hybridized carbons (Fsp3) is 1.00. The van der Waals surface area contributed by atoms with Crippen molar-refractivity contribution in [1.82, 2.24) is 0 Å². The van der Waals surface area contributed by atoms with Crippen LogP contribution in [-0.4, -0.2) is 104 Å². The normalized spacial score (nSPS) is 36.2. The first-order valence-corrected chi connectivity index (χ1v) is 11.5. The van der Waals surface area contributed by atoms with E-state index in [0.29, 0.717) is 24.7 Å². The molecule has 0 amide bonds. The van der Waals surface area contributed by atoms with Crippen molar-refractivity contribution in [3.05, 3.63) is 0 Å². The Hall–Kier alpha value is -0.360. The molecule has 2 saturated carbocycles. The van der Waals surface area contributed by atoms with Crippen LogP contribution in [-0.2, 0) is 0 Å². The van der Waals surface area contributed by atoms with E-state index in [9.17, 15) is 30.6 Å².